The fourth-order valence-electron chi connectivity index (χ4n) is 21.1. The minimum absolute atomic E-state index is 0.0193. The Morgan fingerprint density at radius 1 is 0.750 bits per heavy atom. The lowest BCUT2D eigenvalue weighted by molar-refractivity contribution is -0.203. The first kappa shape index (κ1) is 103. The number of esters is 1. The summed E-state index contributed by atoms with van der Waals surface area (Å²) in [6, 6.07) is 3.19. The predicted molar refractivity (Wildman–Crippen MR) is 500 cm³/mol. The Kier molecular flexibility index (Phi) is 31.3. The number of hydrogen-bond donors (Lipinski definition) is 22. The van der Waals surface area contributed by atoms with E-state index in [9.17, 15) is 108 Å². The number of piperidine rings is 1. The number of methoxy groups -OCH3 is 2. The Hall–Kier alpha value is -14.3. The van der Waals surface area contributed by atoms with E-state index in [0.717, 1.165) is 21.4 Å². The first-order valence-corrected chi connectivity index (χ1v) is 46.6. The van der Waals surface area contributed by atoms with Gasteiger partial charge in [0.2, 0.25) is 47.3 Å². The Bertz CT molecular complexity index is 6040. The predicted octanol–water partition coefficient (Wildman–Crippen LogP) is -1.93. The molecule has 750 valence electrons. The number of likely N-dealkylation sites (tertiary alicyclic amines) is 1. The zero-order chi connectivity index (χ0) is 102. The third-order valence-electron chi connectivity index (χ3n) is 27.6. The van der Waals surface area contributed by atoms with Crippen LogP contribution in [0.4, 0.5) is 17.3 Å². The molecule has 13 rings (SSSR count). The number of carboxylic acids is 5. The zero-order valence-corrected chi connectivity index (χ0v) is 78.2. The number of nitrogens with zero attached hydrogens (tertiary/aromatic N) is 8. The van der Waals surface area contributed by atoms with Gasteiger partial charge < -0.3 is 114 Å². The van der Waals surface area contributed by atoms with Gasteiger partial charge in [-0.2, -0.15) is 10.1 Å². The summed E-state index contributed by atoms with van der Waals surface area (Å²) in [5.74, 6) is -21.1. The lowest BCUT2D eigenvalue weighted by atomic mass is 9.47. The monoisotopic (exact) mass is 1960 g/mol. The number of imide groups is 1. The number of para-hydroxylation sites is 1. The number of aliphatic hydroxyl groups excluding tert-OH is 1. The second-order valence-electron chi connectivity index (χ2n) is 36.4. The number of amides is 9. The SMILES string of the molecule is CC[C@]1(O)C[C@H]2CN(CCc3c([nH]c4ccccc34)[C@@](C(=O)OC)(c3cc4c(cc3OC)N(C)[C@H]3[C@@](O)(C(=O)N/N=C(\C)CCN5C(=O)CC(SC[C@H](NC(=O)[C@H](CC(=O)O)NC(=O)[C@H](CC(=O)O)NC(=O)[C@H](CCCNC(=N)N)NC(=O)[C@H](CC(=O)O)NC(=O)CC[C@H](NC(=O)c6ccc(NCc7cnc8nc(N)[nH]c(=O)c8n7)cc6)C(=O)O)C(=O)O)C5=O)[C@H](O)[C@]5(CC)C=CCN6CC[C@]43[C@@H]65)C2)C1. The normalized spacial score (nSPS) is 24.6. The van der Waals surface area contributed by atoms with Gasteiger partial charge in [-0.05, 0) is 125 Å². The number of guanidine groups is 1. The van der Waals surface area contributed by atoms with Gasteiger partial charge in [-0.15, -0.1) is 11.8 Å². The highest BCUT2D eigenvalue weighted by atomic mass is 32.2. The Balaban J connectivity index is 0.641. The van der Waals surface area contributed by atoms with Crippen molar-refractivity contribution in [1.29, 1.82) is 5.41 Å². The number of H-pyrrole nitrogens is 2. The van der Waals surface area contributed by atoms with Crippen molar-refractivity contribution in [1.82, 2.24) is 82.3 Å². The molecule has 140 heavy (non-hydrogen) atoms. The van der Waals surface area contributed by atoms with Gasteiger partial charge in [-0.3, -0.25) is 92.2 Å². The van der Waals surface area contributed by atoms with Gasteiger partial charge in [0.1, 0.15) is 53.5 Å². The number of aromatic amines is 2. The van der Waals surface area contributed by atoms with Crippen molar-refractivity contribution in [2.45, 2.75) is 205 Å². The number of anilines is 3. The molecule has 1 spiro atoms. The van der Waals surface area contributed by atoms with Crippen LogP contribution in [0, 0.1) is 16.7 Å². The van der Waals surface area contributed by atoms with E-state index in [1.165, 1.54) is 51.6 Å². The Morgan fingerprint density at radius 2 is 1.40 bits per heavy atom. The molecule has 2 unspecified atom stereocenters. The highest BCUT2D eigenvalue weighted by Gasteiger charge is 2.79. The van der Waals surface area contributed by atoms with Crippen LogP contribution >= 0.6 is 11.8 Å². The van der Waals surface area contributed by atoms with Crippen molar-refractivity contribution in [2.75, 3.05) is 88.8 Å². The molecule has 3 aromatic heterocycles. The smallest absolute Gasteiger partial charge is 0.327 e. The van der Waals surface area contributed by atoms with E-state index in [0.29, 0.717) is 110 Å². The number of hydrogen-bond acceptors (Lipinski definition) is 32. The number of aliphatic hydroxyl groups is 3. The quantitative estimate of drug-likeness (QED) is 0.00377. The van der Waals surface area contributed by atoms with E-state index in [1.54, 1.807) is 11.9 Å². The molecule has 17 atom stereocenters. The van der Waals surface area contributed by atoms with Crippen LogP contribution in [0.1, 0.15) is 149 Å². The van der Waals surface area contributed by atoms with Crippen LogP contribution in [0.15, 0.2) is 88.9 Å². The average molecular weight is 1960 g/mol. The second kappa shape index (κ2) is 42.6. The number of benzene rings is 3. The van der Waals surface area contributed by atoms with Gasteiger partial charge >= 0.3 is 35.8 Å². The van der Waals surface area contributed by atoms with Crippen LogP contribution in [0.3, 0.4) is 0 Å². The summed E-state index contributed by atoms with van der Waals surface area (Å²) in [6.45, 7) is 7.38. The lowest BCUT2D eigenvalue weighted by Crippen LogP contribution is -2.81. The molecular weight excluding hydrogens is 1850 g/mol. The molecule has 7 aliphatic rings. The molecular formula is C91H114N22O26S. The van der Waals surface area contributed by atoms with Crippen LogP contribution < -0.4 is 74.6 Å². The summed E-state index contributed by atoms with van der Waals surface area (Å²) >= 11 is 0.604. The third kappa shape index (κ3) is 21.2. The largest absolute Gasteiger partial charge is 0.496 e. The maximum absolute atomic E-state index is 15.7. The number of nitrogen functional groups attached to an aromatic ring is 1. The average Bonchev–Trinajstić information content (AvgIpc) is 1.47. The van der Waals surface area contributed by atoms with Crippen molar-refractivity contribution in [2.24, 2.45) is 22.2 Å². The standard InChI is InChI=1S/C91H114N22O26S/c1-7-87(136)37-45-38-90(84(135)139-6,69-50(23-28-111(41-45)43-87)49-13-9-10-14-53(49)100-69)52-31-51-60(35-61(52)138-5)110(4)81-89(51)25-30-112-27-12-24-88(8-2,80(89)112)82(133)91(81,137)83(134)109-108-44(3)22-29-113-64(115)36-62(77(113)128)140-42-59(79(131)132)105-75(126)58(34-67(120)121)104-74(125)57(33-66(118)119)103-72(123)54(15-11-26-95-85(92)93)101-73(124)56(32-65(116)117)99-63(114)21-20-55(78(129)130)102-71(122)46-16-18-47(19-17-46)96-39-48-40-97-70-68(98-48)76(127)107-86(94)106-70/h9-10,12-14,16-19,24,31,35,40,45,54-59,62,80-82,96,100,133,136-137H,7-8,11,15,20-23,25-30,32-34,36-39,41-43H2,1-6H3,(H,99,114)(H,101,124)(H,102,122)(H,103,123)(H,104,125)(H,105,126)(H,109,134)(H,116,117)(H,118,119)(H,120,121)(H,129,130)(H,131,132)(H4,92,93,95)(H3,94,97,106,107,127)/b108-44+/t45-,54+,55+,56+,57+,58+,59+,62?,80+,81-,82-,87+,88-,89-,90+,91+/m1/s1. The second-order valence-corrected chi connectivity index (χ2v) is 37.6. The number of carbonyl (C=O) groups excluding carboxylic acids is 10. The van der Waals surface area contributed by atoms with E-state index >= 15 is 9.59 Å². The number of nitrogens with one attached hydrogen (secondary N) is 12. The fraction of sp³-hybridized carbons (Fsp3) is 0.505. The molecule has 4 fully saturated rings. The van der Waals surface area contributed by atoms with E-state index in [4.69, 9.17) is 26.4 Å². The summed E-state index contributed by atoms with van der Waals surface area (Å²) in [4.78, 5) is 242. The molecule has 3 aromatic carbocycles. The molecule has 6 aliphatic heterocycles. The third-order valence-corrected chi connectivity index (χ3v) is 28.9. The Labute approximate surface area is 803 Å². The van der Waals surface area contributed by atoms with Gasteiger partial charge in [0.15, 0.2) is 22.7 Å². The fourth-order valence-corrected chi connectivity index (χ4v) is 22.3. The minimum atomic E-state index is -2.69. The molecule has 6 aromatic rings. The van der Waals surface area contributed by atoms with E-state index in [-0.39, 0.29) is 79.6 Å². The minimum Gasteiger partial charge on any atom is -0.496 e. The summed E-state index contributed by atoms with van der Waals surface area (Å²) in [6.07, 6.45) is -1.09. The molecule has 0 radical (unpaired) electrons. The van der Waals surface area contributed by atoms with Crippen molar-refractivity contribution in [3.63, 3.8) is 0 Å². The number of carbonyl (C=O) groups is 15. The first-order chi connectivity index (χ1) is 66.5. The van der Waals surface area contributed by atoms with E-state index in [1.807, 2.05) is 67.7 Å². The molecule has 2 bridgehead atoms. The van der Waals surface area contributed by atoms with Gasteiger partial charge in [-0.1, -0.05) is 44.2 Å². The number of rotatable bonds is 42. The number of carboxylic acid groups (broad SMARTS) is 5. The van der Waals surface area contributed by atoms with Gasteiger partial charge in [0, 0.05) is 139 Å². The van der Waals surface area contributed by atoms with Crippen molar-refractivity contribution < 1.29 is 122 Å². The molecule has 9 amide bonds. The maximum atomic E-state index is 15.7. The molecule has 49 heteroatoms. The molecule has 1 aliphatic carbocycles. The van der Waals surface area contributed by atoms with E-state index in [2.05, 4.69) is 82.5 Å². The van der Waals surface area contributed by atoms with Crippen LogP contribution in [-0.2, 0) is 95.7 Å². The number of ether oxygens (including phenoxy) is 2. The number of aliphatic carboxylic acids is 5. The van der Waals surface area contributed by atoms with Crippen LogP contribution in [-0.4, -0.2) is 325 Å². The molecule has 3 saturated heterocycles. The summed E-state index contributed by atoms with van der Waals surface area (Å²) in [5.41, 5.74) is 9.88. The summed E-state index contributed by atoms with van der Waals surface area (Å²) in [7, 11) is 4.58. The lowest BCUT2D eigenvalue weighted by Gasteiger charge is -2.63. The number of aromatic nitrogens is 5. The highest BCUT2D eigenvalue weighted by molar-refractivity contribution is 8.00. The van der Waals surface area contributed by atoms with Crippen LogP contribution in [0.2, 0.25) is 0 Å². The number of hydrazone groups is 1. The van der Waals surface area contributed by atoms with Crippen LogP contribution in [0.25, 0.3) is 22.1 Å². The Morgan fingerprint density at radius 3 is 2.04 bits per heavy atom. The molecule has 1 saturated carbocycles. The van der Waals surface area contributed by atoms with Crippen molar-refractivity contribution in [3.8, 4) is 5.75 Å². The molecule has 9 heterocycles. The topological polar surface area (TPSA) is 733 Å². The number of likely N-dealkylation sites (N-methyl/N-ethyl adjacent to an activating group) is 1. The van der Waals surface area contributed by atoms with Gasteiger partial charge in [-0.25, -0.2) is 25.0 Å². The number of fused-ring (bicyclic) bond motifs is 7. The zero-order valence-electron chi connectivity index (χ0n) is 77.4. The summed E-state index contributed by atoms with van der Waals surface area (Å²) in [5, 5.41) is 119. The van der Waals surface area contributed by atoms with E-state index < -0.39 is 238 Å². The molecule has 48 nitrogen and oxygen atoms in total. The van der Waals surface area contributed by atoms with Crippen molar-refractivity contribution in [3.05, 3.63) is 123 Å². The maximum Gasteiger partial charge on any atom is 0.327 e. The van der Waals surface area contributed by atoms with Gasteiger partial charge in [0.05, 0.1) is 68.8 Å². The number of nitrogens with two attached hydrogens (primary N) is 2. The first-order valence-electron chi connectivity index (χ1n) is 45.5. The number of thioether (sulfide) groups is 1. The molecule has 24 N–H and O–H groups in total. The summed E-state index contributed by atoms with van der Waals surface area (Å²) < 4.78 is 12.4. The van der Waals surface area contributed by atoms with Gasteiger partial charge in [0.25, 0.3) is 17.4 Å². The highest BCUT2D eigenvalue weighted by Crippen LogP contribution is 2.68. The van der Waals surface area contributed by atoms with Crippen molar-refractivity contribution >= 4 is 152 Å². The van der Waals surface area contributed by atoms with Crippen LogP contribution in [0.5, 0.6) is 5.75 Å².